The van der Waals surface area contributed by atoms with Gasteiger partial charge in [-0.3, -0.25) is 0 Å². The van der Waals surface area contributed by atoms with Gasteiger partial charge in [0.1, 0.15) is 24.3 Å². The molecule has 7 heteroatoms. The Kier molecular flexibility index (Phi) is 4.75. The summed E-state index contributed by atoms with van der Waals surface area (Å²) in [6.07, 6.45) is 0.896. The molecule has 0 saturated carbocycles. The summed E-state index contributed by atoms with van der Waals surface area (Å²) in [4.78, 5) is 10.8. The van der Waals surface area contributed by atoms with Crippen LogP contribution in [-0.2, 0) is 13.2 Å². The normalized spacial score (nSPS) is 15.4. The van der Waals surface area contributed by atoms with Crippen LogP contribution in [0.2, 0.25) is 0 Å². The minimum absolute atomic E-state index is 0.155. The summed E-state index contributed by atoms with van der Waals surface area (Å²) >= 11 is 0. The lowest BCUT2D eigenvalue weighted by atomic mass is 9.98. The van der Waals surface area contributed by atoms with Crippen LogP contribution < -0.4 is 9.64 Å². The van der Waals surface area contributed by atoms with E-state index in [0.717, 1.165) is 34.6 Å². The summed E-state index contributed by atoms with van der Waals surface area (Å²) in [6, 6.07) is 14.9. The number of benzene rings is 2. The maximum atomic E-state index is 13.5. The fourth-order valence-electron chi connectivity index (χ4n) is 3.90. The minimum atomic E-state index is -0.933. The van der Waals surface area contributed by atoms with Crippen molar-refractivity contribution in [1.29, 1.82) is 0 Å². The van der Waals surface area contributed by atoms with E-state index >= 15 is 0 Å². The predicted molar refractivity (Wildman–Crippen MR) is 113 cm³/mol. The van der Waals surface area contributed by atoms with E-state index in [1.807, 2.05) is 36.2 Å². The van der Waals surface area contributed by atoms with E-state index in [0.29, 0.717) is 28.9 Å². The molecule has 3 heterocycles. The van der Waals surface area contributed by atoms with Crippen molar-refractivity contribution in [3.05, 3.63) is 94.8 Å². The number of aliphatic hydroxyl groups is 1. The predicted octanol–water partition coefficient (Wildman–Crippen LogP) is 4.52. The molecule has 0 bridgehead atoms. The zero-order valence-corrected chi connectivity index (χ0v) is 16.7. The van der Waals surface area contributed by atoms with Crippen LogP contribution in [0.25, 0.3) is 10.9 Å². The van der Waals surface area contributed by atoms with Gasteiger partial charge in [0.05, 0.1) is 11.2 Å². The van der Waals surface area contributed by atoms with Crippen LogP contribution in [0.1, 0.15) is 28.5 Å². The van der Waals surface area contributed by atoms with E-state index in [9.17, 15) is 13.9 Å². The molecule has 5 rings (SSSR count). The van der Waals surface area contributed by atoms with Gasteiger partial charge in [-0.2, -0.15) is 0 Å². The fraction of sp³-hybridized carbons (Fsp3) is 0.167. The number of hydrogen-bond acceptors (Lipinski definition) is 5. The van der Waals surface area contributed by atoms with Crippen LogP contribution in [0.15, 0.2) is 60.8 Å². The maximum Gasteiger partial charge on any atom is 0.161 e. The molecular formula is C24H19F2N3O2. The summed E-state index contributed by atoms with van der Waals surface area (Å²) in [6.45, 7) is 0.771. The first-order valence-corrected chi connectivity index (χ1v) is 9.84. The Bertz CT molecular complexity index is 1300. The zero-order chi connectivity index (χ0) is 21.5. The van der Waals surface area contributed by atoms with E-state index in [1.54, 1.807) is 24.4 Å². The van der Waals surface area contributed by atoms with Gasteiger partial charge in [0.15, 0.2) is 11.6 Å². The van der Waals surface area contributed by atoms with Gasteiger partial charge >= 0.3 is 0 Å². The number of ether oxygens (including phenoxy) is 1. The quantitative estimate of drug-likeness (QED) is 0.529. The highest BCUT2D eigenvalue weighted by Crippen LogP contribution is 2.36. The van der Waals surface area contributed by atoms with Crippen LogP contribution in [0, 0.1) is 11.6 Å². The molecule has 5 nitrogen and oxygen atoms in total. The minimum Gasteiger partial charge on any atom is -0.487 e. The Morgan fingerprint density at radius 3 is 2.77 bits per heavy atom. The Morgan fingerprint density at radius 1 is 1.06 bits per heavy atom. The third-order valence-electron chi connectivity index (χ3n) is 5.47. The molecule has 4 aromatic rings. The van der Waals surface area contributed by atoms with Gasteiger partial charge in [-0.05, 0) is 41.5 Å². The number of fused-ring (bicyclic) bond motifs is 3. The molecule has 1 atom stereocenters. The first-order chi connectivity index (χ1) is 15.0. The summed E-state index contributed by atoms with van der Waals surface area (Å²) in [7, 11) is 1.94. The topological polar surface area (TPSA) is 58.5 Å². The van der Waals surface area contributed by atoms with Gasteiger partial charge in [-0.15, -0.1) is 0 Å². The van der Waals surface area contributed by atoms with E-state index in [4.69, 9.17) is 4.74 Å². The van der Waals surface area contributed by atoms with E-state index in [-0.39, 0.29) is 6.61 Å². The van der Waals surface area contributed by atoms with Crippen molar-refractivity contribution in [2.45, 2.75) is 19.3 Å². The molecule has 31 heavy (non-hydrogen) atoms. The maximum absolute atomic E-state index is 13.5. The zero-order valence-electron chi connectivity index (χ0n) is 16.7. The molecule has 0 fully saturated rings. The standard InChI is InChI=1S/C24H19F2N3O2/c1-29-12-15-5-7-17(10-19(15)23(30)18-3-2-8-27-24(18)29)31-13-16-6-4-14-9-20(25)21(26)11-22(14)28-16/h2-11,23,30H,12-13H2,1H3. The molecule has 0 saturated heterocycles. The van der Waals surface area contributed by atoms with Crippen LogP contribution in [0.5, 0.6) is 5.75 Å². The third-order valence-corrected chi connectivity index (χ3v) is 5.47. The molecule has 0 aliphatic carbocycles. The summed E-state index contributed by atoms with van der Waals surface area (Å²) in [5.41, 5.74) is 3.45. The second-order valence-corrected chi connectivity index (χ2v) is 7.59. The molecule has 2 aromatic carbocycles. The Hall–Kier alpha value is -3.58. The Morgan fingerprint density at radius 2 is 1.90 bits per heavy atom. The number of aromatic nitrogens is 2. The highest BCUT2D eigenvalue weighted by molar-refractivity contribution is 5.78. The van der Waals surface area contributed by atoms with Crippen molar-refractivity contribution in [3.63, 3.8) is 0 Å². The molecule has 1 aliphatic rings. The summed E-state index contributed by atoms with van der Waals surface area (Å²) in [5.74, 6) is -0.500. The van der Waals surface area contributed by atoms with Gasteiger partial charge in [0.25, 0.3) is 0 Å². The number of hydrogen-bond donors (Lipinski definition) is 1. The van der Waals surface area contributed by atoms with Gasteiger partial charge < -0.3 is 14.7 Å². The lowest BCUT2D eigenvalue weighted by Crippen LogP contribution is -2.17. The van der Waals surface area contributed by atoms with Gasteiger partial charge in [0.2, 0.25) is 0 Å². The lowest BCUT2D eigenvalue weighted by Gasteiger charge is -2.18. The van der Waals surface area contributed by atoms with Crippen LogP contribution in [0.3, 0.4) is 0 Å². The smallest absolute Gasteiger partial charge is 0.161 e. The van der Waals surface area contributed by atoms with Crippen LogP contribution in [-0.4, -0.2) is 22.1 Å². The molecule has 1 unspecified atom stereocenters. The lowest BCUT2D eigenvalue weighted by molar-refractivity contribution is 0.219. The van der Waals surface area contributed by atoms with Gasteiger partial charge in [-0.25, -0.2) is 18.7 Å². The molecule has 1 aliphatic heterocycles. The average Bonchev–Trinajstić information content (AvgIpc) is 2.88. The Balaban J connectivity index is 1.41. The summed E-state index contributed by atoms with van der Waals surface area (Å²) < 4.78 is 32.8. The Labute approximate surface area is 177 Å². The summed E-state index contributed by atoms with van der Waals surface area (Å²) in [5, 5.41) is 11.5. The molecule has 156 valence electrons. The third kappa shape index (κ3) is 3.57. The van der Waals surface area contributed by atoms with Crippen molar-refractivity contribution in [2.24, 2.45) is 0 Å². The van der Waals surface area contributed by atoms with Crippen molar-refractivity contribution >= 4 is 16.7 Å². The highest BCUT2D eigenvalue weighted by Gasteiger charge is 2.25. The first kappa shape index (κ1) is 19.4. The fourth-order valence-corrected chi connectivity index (χ4v) is 3.90. The molecule has 1 N–H and O–H groups in total. The second kappa shape index (κ2) is 7.59. The number of rotatable bonds is 3. The molecular weight excluding hydrogens is 400 g/mol. The number of anilines is 1. The van der Waals surface area contributed by atoms with Crippen molar-refractivity contribution < 1.29 is 18.6 Å². The van der Waals surface area contributed by atoms with Gasteiger partial charge in [0, 0.05) is 36.8 Å². The monoisotopic (exact) mass is 419 g/mol. The van der Waals surface area contributed by atoms with E-state index < -0.39 is 17.7 Å². The van der Waals surface area contributed by atoms with E-state index in [2.05, 4.69) is 9.97 Å². The average molecular weight is 419 g/mol. The van der Waals surface area contributed by atoms with Crippen molar-refractivity contribution in [2.75, 3.05) is 11.9 Å². The van der Waals surface area contributed by atoms with Crippen molar-refractivity contribution in [3.8, 4) is 5.75 Å². The van der Waals surface area contributed by atoms with Crippen LogP contribution >= 0.6 is 0 Å². The number of halogens is 2. The molecule has 0 radical (unpaired) electrons. The van der Waals surface area contributed by atoms with Crippen molar-refractivity contribution in [1.82, 2.24) is 9.97 Å². The van der Waals surface area contributed by atoms with E-state index in [1.165, 1.54) is 0 Å². The van der Waals surface area contributed by atoms with Gasteiger partial charge in [-0.1, -0.05) is 18.2 Å². The first-order valence-electron chi connectivity index (χ1n) is 9.84. The SMILES string of the molecule is CN1Cc2ccc(OCc3ccc4cc(F)c(F)cc4n3)cc2C(O)c2cccnc21. The molecule has 0 spiro atoms. The number of pyridine rings is 2. The molecule has 2 aromatic heterocycles. The second-order valence-electron chi connectivity index (χ2n) is 7.59. The number of aliphatic hydroxyl groups excluding tert-OH is 1. The largest absolute Gasteiger partial charge is 0.487 e. The highest BCUT2D eigenvalue weighted by atomic mass is 19.2. The number of nitrogens with zero attached hydrogens (tertiary/aromatic N) is 3. The molecule has 0 amide bonds. The van der Waals surface area contributed by atoms with Crippen LogP contribution in [0.4, 0.5) is 14.6 Å².